The van der Waals surface area contributed by atoms with Gasteiger partial charge in [-0.25, -0.2) is 4.79 Å². The van der Waals surface area contributed by atoms with E-state index >= 15 is 0 Å². The Labute approximate surface area is 168 Å². The average Bonchev–Trinajstić information content (AvgIpc) is 3.04. The number of anilines is 3. The van der Waals surface area contributed by atoms with Gasteiger partial charge in [0.05, 0.1) is 28.5 Å². The highest BCUT2D eigenvalue weighted by atomic mass is 16.7. The Bertz CT molecular complexity index is 644. The van der Waals surface area contributed by atoms with Gasteiger partial charge in [0.2, 0.25) is 0 Å². The number of nitrogen functional groups attached to an aromatic ring is 1. The molecule has 0 radical (unpaired) electrons. The number of unbranched alkanes of at least 4 members (excludes halogenated alkanes) is 2. The van der Waals surface area contributed by atoms with Gasteiger partial charge in [0.1, 0.15) is 0 Å². The number of nitrogens with one attached hydrogen (secondary N) is 3. The maximum absolute atomic E-state index is 11.9. The zero-order chi connectivity index (χ0) is 20.9. The van der Waals surface area contributed by atoms with Crippen LogP contribution in [0.3, 0.4) is 0 Å². The van der Waals surface area contributed by atoms with E-state index in [1.807, 2.05) is 39.1 Å². The number of hydroxylamine groups is 2. The Hall–Kier alpha value is -2.67. The monoisotopic (exact) mass is 389 g/mol. The van der Waals surface area contributed by atoms with E-state index in [1.54, 1.807) is 0 Å². The smallest absolute Gasteiger partial charge is 0.332 e. The van der Waals surface area contributed by atoms with Gasteiger partial charge in [0.15, 0.2) is 0 Å². The molecule has 156 valence electrons. The van der Waals surface area contributed by atoms with Crippen molar-refractivity contribution in [3.05, 3.63) is 42.8 Å². The lowest BCUT2D eigenvalue weighted by molar-refractivity contribution is -0.172. The van der Waals surface area contributed by atoms with E-state index in [0.29, 0.717) is 6.42 Å². The largest absolute Gasteiger partial charge is 0.386 e. The molecule has 1 fully saturated rings. The molecule has 2 rings (SSSR count). The molecule has 1 aromatic rings. The lowest BCUT2D eigenvalue weighted by atomic mass is 10.2. The number of carbonyl (C=O) groups excluding carboxylic acids is 1. The van der Waals surface area contributed by atoms with E-state index in [2.05, 4.69) is 29.2 Å². The minimum Gasteiger partial charge on any atom is -0.386 e. The molecule has 0 aliphatic carbocycles. The molecule has 0 aromatic heterocycles. The second-order valence-electron chi connectivity index (χ2n) is 6.28. The summed E-state index contributed by atoms with van der Waals surface area (Å²) in [6.45, 7) is 12.6. The van der Waals surface area contributed by atoms with E-state index < -0.39 is 0 Å². The van der Waals surface area contributed by atoms with Gasteiger partial charge < -0.3 is 20.9 Å². The van der Waals surface area contributed by atoms with Gasteiger partial charge in [0.25, 0.3) is 0 Å². The van der Waals surface area contributed by atoms with Gasteiger partial charge in [-0.15, -0.1) is 0 Å². The van der Waals surface area contributed by atoms with Gasteiger partial charge >= 0.3 is 5.97 Å². The molecule has 5 N–H and O–H groups in total. The third kappa shape index (κ3) is 7.15. The van der Waals surface area contributed by atoms with Crippen LogP contribution in [-0.4, -0.2) is 24.6 Å². The van der Waals surface area contributed by atoms with E-state index in [1.165, 1.54) is 5.06 Å². The highest BCUT2D eigenvalue weighted by Gasteiger charge is 2.22. The first kappa shape index (κ1) is 23.4. The van der Waals surface area contributed by atoms with Crippen molar-refractivity contribution in [3.8, 4) is 0 Å². The standard InChI is InChI=1S/C19H29N5O2.C2H6/c1-14-8-9-15(2)24(14)26-19(25)7-5-4-6-12-22-17-11-10-16(23-20)13-18(17)21-3;1-2/h10-11,13,21-23H,1-2,4-9,12,20H2,3H3;1-2H3. The van der Waals surface area contributed by atoms with Crippen molar-refractivity contribution < 1.29 is 9.63 Å². The minimum atomic E-state index is -0.232. The lowest BCUT2D eigenvalue weighted by Gasteiger charge is -2.18. The average molecular weight is 390 g/mol. The van der Waals surface area contributed by atoms with Gasteiger partial charge in [-0.2, -0.15) is 5.06 Å². The fourth-order valence-electron chi connectivity index (χ4n) is 2.78. The Morgan fingerprint density at radius 1 is 1.14 bits per heavy atom. The fraction of sp³-hybridized carbons (Fsp3) is 0.476. The maximum Gasteiger partial charge on any atom is 0.332 e. The molecule has 0 unspecified atom stereocenters. The molecule has 1 aliphatic heterocycles. The van der Waals surface area contributed by atoms with Crippen LogP contribution < -0.4 is 21.9 Å². The molecule has 1 aliphatic rings. The van der Waals surface area contributed by atoms with Crippen LogP contribution in [0.25, 0.3) is 0 Å². The third-order valence-electron chi connectivity index (χ3n) is 4.30. The Morgan fingerprint density at radius 3 is 2.43 bits per heavy atom. The SMILES string of the molecule is C=C1CCC(=C)N1OC(=O)CCCCCNc1ccc(NN)cc1NC.CC. The van der Waals surface area contributed by atoms with Crippen molar-refractivity contribution in [1.29, 1.82) is 0 Å². The van der Waals surface area contributed by atoms with Crippen LogP contribution in [0.5, 0.6) is 0 Å². The summed E-state index contributed by atoms with van der Waals surface area (Å²) < 4.78 is 0. The molecule has 0 amide bonds. The van der Waals surface area contributed by atoms with Crippen LogP contribution in [-0.2, 0) is 9.63 Å². The van der Waals surface area contributed by atoms with Crippen LogP contribution in [0.2, 0.25) is 0 Å². The second-order valence-corrected chi connectivity index (χ2v) is 6.28. The molecule has 0 saturated carbocycles. The highest BCUT2D eigenvalue weighted by Crippen LogP contribution is 2.28. The zero-order valence-electron chi connectivity index (χ0n) is 17.4. The summed E-state index contributed by atoms with van der Waals surface area (Å²) in [5, 5.41) is 8.01. The van der Waals surface area contributed by atoms with E-state index in [0.717, 1.165) is 67.1 Å². The Morgan fingerprint density at radius 2 is 1.82 bits per heavy atom. The summed E-state index contributed by atoms with van der Waals surface area (Å²) in [6, 6.07) is 5.84. The molecule has 1 aromatic carbocycles. The lowest BCUT2D eigenvalue weighted by Crippen LogP contribution is -2.20. The Balaban J connectivity index is 0.00000190. The molecule has 0 spiro atoms. The number of benzene rings is 1. The maximum atomic E-state index is 11.9. The molecule has 7 heteroatoms. The minimum absolute atomic E-state index is 0.232. The van der Waals surface area contributed by atoms with Gasteiger partial charge in [0, 0.05) is 20.0 Å². The predicted molar refractivity (Wildman–Crippen MR) is 118 cm³/mol. The number of hydrogen-bond acceptors (Lipinski definition) is 7. The quantitative estimate of drug-likeness (QED) is 0.264. The highest BCUT2D eigenvalue weighted by molar-refractivity contribution is 5.73. The second kappa shape index (κ2) is 12.7. The van der Waals surface area contributed by atoms with Gasteiger partial charge in [-0.3, -0.25) is 5.84 Å². The topological polar surface area (TPSA) is 91.7 Å². The number of rotatable bonds is 10. The third-order valence-corrected chi connectivity index (χ3v) is 4.30. The van der Waals surface area contributed by atoms with Gasteiger partial charge in [-0.1, -0.05) is 33.4 Å². The van der Waals surface area contributed by atoms with Crippen LogP contribution in [0.1, 0.15) is 52.4 Å². The number of allylic oxidation sites excluding steroid dienone is 2. The summed E-state index contributed by atoms with van der Waals surface area (Å²) in [5.74, 6) is 5.19. The normalized spacial score (nSPS) is 12.9. The van der Waals surface area contributed by atoms with Crippen LogP contribution in [0, 0.1) is 0 Å². The van der Waals surface area contributed by atoms with Crippen molar-refractivity contribution in [3.63, 3.8) is 0 Å². The summed E-state index contributed by atoms with van der Waals surface area (Å²) in [6.07, 6.45) is 4.71. The van der Waals surface area contributed by atoms with Gasteiger partial charge in [-0.05, 0) is 43.9 Å². The van der Waals surface area contributed by atoms with E-state index in [-0.39, 0.29) is 5.97 Å². The number of nitrogens with two attached hydrogens (primary N) is 1. The number of hydrogen-bond donors (Lipinski definition) is 4. The summed E-state index contributed by atoms with van der Waals surface area (Å²) in [4.78, 5) is 17.2. The number of hydrazine groups is 1. The fourth-order valence-corrected chi connectivity index (χ4v) is 2.78. The first-order valence-electron chi connectivity index (χ1n) is 9.94. The zero-order valence-corrected chi connectivity index (χ0v) is 17.4. The summed E-state index contributed by atoms with van der Waals surface area (Å²) in [5.41, 5.74) is 7.07. The first-order valence-corrected chi connectivity index (χ1v) is 9.94. The predicted octanol–water partition coefficient (Wildman–Crippen LogP) is 4.59. The van der Waals surface area contributed by atoms with Crippen molar-refractivity contribution in [2.45, 2.75) is 52.4 Å². The van der Waals surface area contributed by atoms with Crippen LogP contribution in [0.4, 0.5) is 17.1 Å². The first-order chi connectivity index (χ1) is 13.5. The van der Waals surface area contributed by atoms with Crippen molar-refractivity contribution in [2.24, 2.45) is 5.84 Å². The summed E-state index contributed by atoms with van der Waals surface area (Å²) in [7, 11) is 1.87. The van der Waals surface area contributed by atoms with Crippen LogP contribution >= 0.6 is 0 Å². The van der Waals surface area contributed by atoms with Crippen LogP contribution in [0.15, 0.2) is 42.8 Å². The molecule has 1 heterocycles. The Kier molecular flexibility index (Phi) is 10.6. The van der Waals surface area contributed by atoms with Crippen molar-refractivity contribution in [1.82, 2.24) is 5.06 Å². The van der Waals surface area contributed by atoms with Crippen molar-refractivity contribution >= 4 is 23.0 Å². The van der Waals surface area contributed by atoms with E-state index in [4.69, 9.17) is 10.7 Å². The number of nitrogens with zero attached hydrogens (tertiary/aromatic N) is 1. The summed E-state index contributed by atoms with van der Waals surface area (Å²) >= 11 is 0. The molecular formula is C21H35N5O2. The van der Waals surface area contributed by atoms with Crippen molar-refractivity contribution in [2.75, 3.05) is 29.7 Å². The molecular weight excluding hydrogens is 354 g/mol. The van der Waals surface area contributed by atoms with E-state index in [9.17, 15) is 4.79 Å². The molecule has 0 atom stereocenters. The molecule has 28 heavy (non-hydrogen) atoms. The molecule has 7 nitrogen and oxygen atoms in total. The number of carbonyl (C=O) groups is 1. The molecule has 0 bridgehead atoms. The molecule has 1 saturated heterocycles.